The molecule has 6 heteroatoms. The third kappa shape index (κ3) is 3.12. The lowest BCUT2D eigenvalue weighted by molar-refractivity contribution is -0.123. The Labute approximate surface area is 156 Å². The summed E-state index contributed by atoms with van der Waals surface area (Å²) in [5.74, 6) is 2.08. The number of hydrogen-bond donors (Lipinski definition) is 1. The molecule has 130 valence electrons. The Morgan fingerprint density at radius 2 is 2.17 bits per heavy atom. The van der Waals surface area contributed by atoms with Gasteiger partial charge in [-0.15, -0.1) is 0 Å². The van der Waals surface area contributed by atoms with Crippen molar-refractivity contribution in [3.63, 3.8) is 0 Å². The molecular weight excluding hydrogens is 419 g/mol. The maximum atomic E-state index is 12.4. The van der Waals surface area contributed by atoms with Crippen LogP contribution in [0.3, 0.4) is 0 Å². The monoisotopic (exact) mass is 442 g/mol. The number of amides is 1. The third-order valence-electron chi connectivity index (χ3n) is 5.46. The second-order valence-corrected chi connectivity index (χ2v) is 7.97. The van der Waals surface area contributed by atoms with Crippen LogP contribution < -0.4 is 14.9 Å². The van der Waals surface area contributed by atoms with Gasteiger partial charge in [0.15, 0.2) is 11.5 Å². The summed E-state index contributed by atoms with van der Waals surface area (Å²) >= 11 is 2.19. The summed E-state index contributed by atoms with van der Waals surface area (Å²) < 4.78 is 11.6. The largest absolute Gasteiger partial charge is 0.493 e. The minimum atomic E-state index is 0.0517. The number of hydrazone groups is 1. The number of halogens is 1. The molecule has 2 aliphatic rings. The molecule has 0 aliphatic heterocycles. The van der Waals surface area contributed by atoms with Crippen molar-refractivity contribution in [1.82, 2.24) is 5.43 Å². The molecule has 2 aliphatic carbocycles. The highest BCUT2D eigenvalue weighted by atomic mass is 127. The number of nitrogens with zero attached hydrogens (tertiary/aromatic N) is 1. The first-order valence-electron chi connectivity index (χ1n) is 8.25. The average Bonchev–Trinajstić information content (AvgIpc) is 3.19. The SMILES string of the molecule is COc1cc(/C=N\NC(=O)[C@@H]2[C@H]3CCCC[C@]32C)cc(I)c1OC. The molecule has 1 aromatic carbocycles. The molecule has 0 aromatic heterocycles. The van der Waals surface area contributed by atoms with Crippen LogP contribution >= 0.6 is 22.6 Å². The number of benzene rings is 1. The minimum absolute atomic E-state index is 0.0517. The van der Waals surface area contributed by atoms with Crippen molar-refractivity contribution in [2.75, 3.05) is 14.2 Å². The summed E-state index contributed by atoms with van der Waals surface area (Å²) in [6, 6.07) is 3.78. The zero-order chi connectivity index (χ0) is 17.3. The fourth-order valence-electron chi connectivity index (χ4n) is 4.10. The van der Waals surface area contributed by atoms with Crippen LogP contribution in [0.1, 0.15) is 38.2 Å². The van der Waals surface area contributed by atoms with Crippen LogP contribution in [0, 0.1) is 20.8 Å². The molecule has 0 spiro atoms. The van der Waals surface area contributed by atoms with Gasteiger partial charge in [0.2, 0.25) is 5.91 Å². The van der Waals surface area contributed by atoms with Crippen LogP contribution in [-0.2, 0) is 4.79 Å². The summed E-state index contributed by atoms with van der Waals surface area (Å²) in [4.78, 5) is 12.4. The first-order chi connectivity index (χ1) is 11.5. The molecule has 1 aromatic rings. The summed E-state index contributed by atoms with van der Waals surface area (Å²) in [6.45, 7) is 2.24. The number of carbonyl (C=O) groups is 1. The summed E-state index contributed by atoms with van der Waals surface area (Å²) in [5, 5.41) is 4.14. The van der Waals surface area contributed by atoms with Crippen LogP contribution in [-0.4, -0.2) is 26.3 Å². The van der Waals surface area contributed by atoms with Gasteiger partial charge in [-0.2, -0.15) is 5.10 Å². The topological polar surface area (TPSA) is 59.9 Å². The molecule has 2 fully saturated rings. The second-order valence-electron chi connectivity index (χ2n) is 6.81. The van der Waals surface area contributed by atoms with E-state index in [1.165, 1.54) is 19.3 Å². The Kier molecular flexibility index (Phi) is 5.03. The average molecular weight is 442 g/mol. The molecule has 5 nitrogen and oxygen atoms in total. The molecule has 24 heavy (non-hydrogen) atoms. The van der Waals surface area contributed by atoms with Gasteiger partial charge >= 0.3 is 0 Å². The van der Waals surface area contributed by atoms with Crippen molar-refractivity contribution in [1.29, 1.82) is 0 Å². The van der Waals surface area contributed by atoms with E-state index in [1.807, 2.05) is 12.1 Å². The number of fused-ring (bicyclic) bond motifs is 1. The molecule has 0 heterocycles. The molecule has 1 N–H and O–H groups in total. The Morgan fingerprint density at radius 3 is 2.79 bits per heavy atom. The van der Waals surface area contributed by atoms with E-state index >= 15 is 0 Å². The Morgan fingerprint density at radius 1 is 1.38 bits per heavy atom. The van der Waals surface area contributed by atoms with E-state index in [4.69, 9.17) is 9.47 Å². The van der Waals surface area contributed by atoms with Crippen LogP contribution in [0.5, 0.6) is 11.5 Å². The molecule has 0 radical (unpaired) electrons. The predicted octanol–water partition coefficient (Wildman–Crippen LogP) is 3.58. The number of methoxy groups -OCH3 is 2. The van der Waals surface area contributed by atoms with Gasteiger partial charge < -0.3 is 9.47 Å². The van der Waals surface area contributed by atoms with Crippen LogP contribution in [0.15, 0.2) is 17.2 Å². The molecule has 2 saturated carbocycles. The molecule has 3 rings (SSSR count). The summed E-state index contributed by atoms with van der Waals surface area (Å²) in [5.41, 5.74) is 3.78. The zero-order valence-electron chi connectivity index (χ0n) is 14.3. The second kappa shape index (κ2) is 6.90. The Hall–Kier alpha value is -1.31. The number of nitrogens with one attached hydrogen (secondary N) is 1. The molecule has 0 unspecified atom stereocenters. The van der Waals surface area contributed by atoms with Crippen molar-refractivity contribution in [3.8, 4) is 11.5 Å². The van der Waals surface area contributed by atoms with Gasteiger partial charge in [-0.25, -0.2) is 5.43 Å². The van der Waals surface area contributed by atoms with Gasteiger partial charge in [-0.1, -0.05) is 19.8 Å². The smallest absolute Gasteiger partial charge is 0.244 e. The number of ether oxygens (including phenoxy) is 2. The highest BCUT2D eigenvalue weighted by molar-refractivity contribution is 14.1. The summed E-state index contributed by atoms with van der Waals surface area (Å²) in [6.07, 6.45) is 6.47. The van der Waals surface area contributed by atoms with Crippen molar-refractivity contribution in [2.45, 2.75) is 32.6 Å². The van der Waals surface area contributed by atoms with Gasteiger partial charge in [0.25, 0.3) is 0 Å². The first-order valence-corrected chi connectivity index (χ1v) is 9.33. The lowest BCUT2D eigenvalue weighted by Gasteiger charge is -2.15. The van der Waals surface area contributed by atoms with Gasteiger partial charge in [0, 0.05) is 5.92 Å². The van der Waals surface area contributed by atoms with E-state index < -0.39 is 0 Å². The maximum absolute atomic E-state index is 12.4. The summed E-state index contributed by atoms with van der Waals surface area (Å²) in [7, 11) is 3.22. The van der Waals surface area contributed by atoms with E-state index in [1.54, 1.807) is 20.4 Å². The highest BCUT2D eigenvalue weighted by Crippen LogP contribution is 2.66. The number of hydrogen-bond acceptors (Lipinski definition) is 4. The third-order valence-corrected chi connectivity index (χ3v) is 6.26. The fourth-order valence-corrected chi connectivity index (χ4v) is 4.95. The van der Waals surface area contributed by atoms with Crippen molar-refractivity contribution in [2.24, 2.45) is 22.4 Å². The zero-order valence-corrected chi connectivity index (χ0v) is 16.4. The van der Waals surface area contributed by atoms with E-state index in [-0.39, 0.29) is 17.2 Å². The van der Waals surface area contributed by atoms with Gasteiger partial charge in [0.1, 0.15) is 0 Å². The van der Waals surface area contributed by atoms with E-state index in [9.17, 15) is 4.79 Å². The molecule has 0 bridgehead atoms. The van der Waals surface area contributed by atoms with Gasteiger partial charge in [-0.3, -0.25) is 4.79 Å². The lowest BCUT2D eigenvalue weighted by Crippen LogP contribution is -2.22. The van der Waals surface area contributed by atoms with Gasteiger partial charge in [-0.05, 0) is 64.5 Å². The minimum Gasteiger partial charge on any atom is -0.493 e. The normalized spacial score (nSPS) is 28.3. The van der Waals surface area contributed by atoms with Crippen LogP contribution in [0.2, 0.25) is 0 Å². The lowest BCUT2D eigenvalue weighted by atomic mass is 9.90. The van der Waals surface area contributed by atoms with Gasteiger partial charge in [0.05, 0.1) is 24.0 Å². The molecule has 0 saturated heterocycles. The Balaban J connectivity index is 1.65. The fraction of sp³-hybridized carbons (Fsp3) is 0.556. The number of rotatable bonds is 5. The molecule has 1 amide bonds. The quantitative estimate of drug-likeness (QED) is 0.431. The predicted molar refractivity (Wildman–Crippen MR) is 102 cm³/mol. The Bertz CT molecular complexity index is 676. The highest BCUT2D eigenvalue weighted by Gasteiger charge is 2.64. The van der Waals surface area contributed by atoms with Crippen molar-refractivity contribution >= 4 is 34.7 Å². The van der Waals surface area contributed by atoms with Crippen LogP contribution in [0.25, 0.3) is 0 Å². The first kappa shape index (κ1) is 17.5. The van der Waals surface area contributed by atoms with Crippen molar-refractivity contribution in [3.05, 3.63) is 21.3 Å². The maximum Gasteiger partial charge on any atom is 0.244 e. The van der Waals surface area contributed by atoms with Crippen molar-refractivity contribution < 1.29 is 14.3 Å². The van der Waals surface area contributed by atoms with E-state index in [0.717, 1.165) is 15.6 Å². The molecule has 3 atom stereocenters. The van der Waals surface area contributed by atoms with Crippen LogP contribution in [0.4, 0.5) is 0 Å². The standard InChI is InChI=1S/C18H23IN2O3/c1-18-7-5-4-6-12(18)15(18)17(22)21-20-10-11-8-13(19)16(24-3)14(9-11)23-2/h8-10,12,15H,4-7H2,1-3H3,(H,21,22)/b20-10-/t12-,15+,18-/m1/s1. The molecular formula is C18H23IN2O3. The van der Waals surface area contributed by atoms with E-state index in [0.29, 0.717) is 17.4 Å². The number of carbonyl (C=O) groups excluding carboxylic acids is 1. The van der Waals surface area contributed by atoms with E-state index in [2.05, 4.69) is 40.0 Å².